The molecule has 1 fully saturated rings. The highest BCUT2D eigenvalue weighted by atomic mass is 15.3. The van der Waals surface area contributed by atoms with Crippen LogP contribution in [0.2, 0.25) is 0 Å². The Morgan fingerprint density at radius 2 is 1.79 bits per heavy atom. The molecule has 7 heteroatoms. The molecule has 1 aromatic carbocycles. The highest BCUT2D eigenvalue weighted by molar-refractivity contribution is 5.91. The summed E-state index contributed by atoms with van der Waals surface area (Å²) in [7, 11) is 4.11. The summed E-state index contributed by atoms with van der Waals surface area (Å²) in [5.74, 6) is 1.84. The van der Waals surface area contributed by atoms with Crippen LogP contribution in [0.5, 0.6) is 0 Å². The second kappa shape index (κ2) is 9.27. The normalized spacial score (nSPS) is 15.2. The van der Waals surface area contributed by atoms with Gasteiger partial charge in [0.2, 0.25) is 0 Å². The fourth-order valence-corrected chi connectivity index (χ4v) is 4.49. The molecule has 0 unspecified atom stereocenters. The highest BCUT2D eigenvalue weighted by Gasteiger charge is 2.16. The van der Waals surface area contributed by atoms with Crippen LogP contribution in [-0.4, -0.2) is 57.9 Å². The minimum absolute atomic E-state index is 0.819. The van der Waals surface area contributed by atoms with Gasteiger partial charge in [-0.25, -0.2) is 9.97 Å². The number of likely N-dealkylation sites (N-methyl/N-ethyl adjacent to an activating group) is 1. The van der Waals surface area contributed by atoms with Crippen molar-refractivity contribution in [2.24, 2.45) is 7.05 Å². The second-order valence-corrected chi connectivity index (χ2v) is 9.01. The standard InChI is InChI=1S/C27H31N7/c1-5-25(20-6-7-28-27(15-20)34-10-8-32(3)9-11-34)31-26-14-21-13-24(23-17-30-33(4)18-23)19(2)12-22(21)16-29-26/h5-7,12-18H,8-11H2,1-4H3,(H,29,31)/b25-5-. The van der Waals surface area contributed by atoms with Gasteiger partial charge in [-0.2, -0.15) is 5.10 Å². The maximum atomic E-state index is 4.69. The SMILES string of the molecule is C/C=C(\Nc1cc2cc(-c3cnn(C)c3)c(C)cc2cn1)c1ccnc(N2CCN(C)CC2)c1. The fourth-order valence-electron chi connectivity index (χ4n) is 4.49. The van der Waals surface area contributed by atoms with E-state index in [1.165, 1.54) is 11.1 Å². The molecule has 0 aliphatic carbocycles. The molecular weight excluding hydrogens is 422 g/mol. The van der Waals surface area contributed by atoms with E-state index in [2.05, 4.69) is 74.5 Å². The van der Waals surface area contributed by atoms with Crippen LogP contribution in [0.25, 0.3) is 27.6 Å². The molecular formula is C27H31N7. The molecule has 1 saturated heterocycles. The third-order valence-corrected chi connectivity index (χ3v) is 6.52. The molecule has 7 nitrogen and oxygen atoms in total. The largest absolute Gasteiger partial charge is 0.354 e. The first-order valence-electron chi connectivity index (χ1n) is 11.7. The molecule has 0 saturated carbocycles. The molecule has 5 rings (SSSR count). The van der Waals surface area contributed by atoms with E-state index < -0.39 is 0 Å². The molecule has 4 heterocycles. The predicted molar refractivity (Wildman–Crippen MR) is 140 cm³/mol. The predicted octanol–water partition coefficient (Wildman–Crippen LogP) is 4.56. The second-order valence-electron chi connectivity index (χ2n) is 9.01. The number of benzene rings is 1. The summed E-state index contributed by atoms with van der Waals surface area (Å²) in [6.07, 6.45) is 9.88. The van der Waals surface area contributed by atoms with Gasteiger partial charge in [-0.05, 0) is 67.7 Å². The Morgan fingerprint density at radius 3 is 2.53 bits per heavy atom. The van der Waals surface area contributed by atoms with Gasteiger partial charge in [0, 0.05) is 74.0 Å². The molecule has 1 N–H and O–H groups in total. The number of pyridine rings is 2. The molecule has 174 valence electrons. The van der Waals surface area contributed by atoms with Gasteiger partial charge in [0.15, 0.2) is 0 Å². The number of aryl methyl sites for hydroxylation is 2. The summed E-state index contributed by atoms with van der Waals surface area (Å²) in [6, 6.07) is 10.7. The van der Waals surface area contributed by atoms with Crippen LogP contribution < -0.4 is 10.2 Å². The van der Waals surface area contributed by atoms with Crippen molar-refractivity contribution in [2.75, 3.05) is 43.4 Å². The van der Waals surface area contributed by atoms with E-state index in [9.17, 15) is 0 Å². The first-order chi connectivity index (χ1) is 16.5. The molecule has 4 aromatic rings. The molecule has 0 atom stereocenters. The monoisotopic (exact) mass is 453 g/mol. The fraction of sp³-hybridized carbons (Fsp3) is 0.296. The van der Waals surface area contributed by atoms with Crippen LogP contribution in [0.3, 0.4) is 0 Å². The number of fused-ring (bicyclic) bond motifs is 1. The Morgan fingerprint density at radius 1 is 0.971 bits per heavy atom. The molecule has 0 radical (unpaired) electrons. The third-order valence-electron chi connectivity index (χ3n) is 6.52. The number of allylic oxidation sites excluding steroid dienone is 1. The van der Waals surface area contributed by atoms with E-state index in [1.54, 1.807) is 0 Å². The van der Waals surface area contributed by atoms with Crippen molar-refractivity contribution in [1.82, 2.24) is 24.6 Å². The zero-order valence-corrected chi connectivity index (χ0v) is 20.3. The van der Waals surface area contributed by atoms with Crippen LogP contribution in [0.1, 0.15) is 18.1 Å². The zero-order valence-electron chi connectivity index (χ0n) is 20.3. The number of hydrogen-bond acceptors (Lipinski definition) is 6. The summed E-state index contributed by atoms with van der Waals surface area (Å²) in [5, 5.41) is 10.1. The number of nitrogens with one attached hydrogen (secondary N) is 1. The summed E-state index contributed by atoms with van der Waals surface area (Å²) in [5.41, 5.74) is 5.65. The number of nitrogens with zero attached hydrogens (tertiary/aromatic N) is 6. The lowest BCUT2D eigenvalue weighted by Crippen LogP contribution is -2.44. The summed E-state index contributed by atoms with van der Waals surface area (Å²) >= 11 is 0. The van der Waals surface area contributed by atoms with Gasteiger partial charge in [-0.15, -0.1) is 0 Å². The topological polar surface area (TPSA) is 62.1 Å². The van der Waals surface area contributed by atoms with Crippen molar-refractivity contribution in [1.29, 1.82) is 0 Å². The molecule has 0 bridgehead atoms. The lowest BCUT2D eigenvalue weighted by Gasteiger charge is -2.33. The average Bonchev–Trinajstić information content (AvgIpc) is 3.28. The van der Waals surface area contributed by atoms with Crippen LogP contribution in [0.15, 0.2) is 61.2 Å². The van der Waals surface area contributed by atoms with Crippen LogP contribution in [0.4, 0.5) is 11.6 Å². The van der Waals surface area contributed by atoms with E-state index in [0.717, 1.165) is 65.4 Å². The van der Waals surface area contributed by atoms with Crippen LogP contribution in [0, 0.1) is 6.92 Å². The summed E-state index contributed by atoms with van der Waals surface area (Å²) in [4.78, 5) is 14.0. The maximum Gasteiger partial charge on any atom is 0.130 e. The molecule has 0 spiro atoms. The van der Waals surface area contributed by atoms with Gasteiger partial charge in [0.05, 0.1) is 6.20 Å². The van der Waals surface area contributed by atoms with E-state index in [4.69, 9.17) is 0 Å². The van der Waals surface area contributed by atoms with E-state index in [-0.39, 0.29) is 0 Å². The molecule has 1 aliphatic heterocycles. The van der Waals surface area contributed by atoms with Gasteiger partial charge in [-0.3, -0.25) is 4.68 Å². The average molecular weight is 454 g/mol. The van der Waals surface area contributed by atoms with Crippen molar-refractivity contribution in [2.45, 2.75) is 13.8 Å². The van der Waals surface area contributed by atoms with Gasteiger partial charge in [0.1, 0.15) is 11.6 Å². The Bertz CT molecular complexity index is 1350. The summed E-state index contributed by atoms with van der Waals surface area (Å²) in [6.45, 7) is 8.29. The highest BCUT2D eigenvalue weighted by Crippen LogP contribution is 2.30. The molecule has 1 aliphatic rings. The summed E-state index contributed by atoms with van der Waals surface area (Å²) < 4.78 is 1.84. The number of anilines is 2. The van der Waals surface area contributed by atoms with Gasteiger partial charge in [0.25, 0.3) is 0 Å². The molecule has 34 heavy (non-hydrogen) atoms. The first kappa shape index (κ1) is 22.1. The smallest absolute Gasteiger partial charge is 0.130 e. The minimum Gasteiger partial charge on any atom is -0.354 e. The van der Waals surface area contributed by atoms with Crippen molar-refractivity contribution < 1.29 is 0 Å². The van der Waals surface area contributed by atoms with Crippen LogP contribution in [-0.2, 0) is 7.05 Å². The number of piperazine rings is 1. The van der Waals surface area contributed by atoms with E-state index in [1.807, 2.05) is 49.5 Å². The zero-order chi connectivity index (χ0) is 23.7. The Kier molecular flexibility index (Phi) is 6.02. The number of aromatic nitrogens is 4. The molecule has 0 amide bonds. The quantitative estimate of drug-likeness (QED) is 0.478. The minimum atomic E-state index is 0.819. The van der Waals surface area contributed by atoms with Crippen molar-refractivity contribution in [3.05, 3.63) is 72.3 Å². The number of rotatable bonds is 5. The van der Waals surface area contributed by atoms with E-state index >= 15 is 0 Å². The van der Waals surface area contributed by atoms with Gasteiger partial charge in [-0.1, -0.05) is 6.08 Å². The van der Waals surface area contributed by atoms with Gasteiger partial charge >= 0.3 is 0 Å². The Hall–Kier alpha value is -3.71. The van der Waals surface area contributed by atoms with Crippen molar-refractivity contribution in [3.63, 3.8) is 0 Å². The lowest BCUT2D eigenvalue weighted by atomic mass is 9.99. The van der Waals surface area contributed by atoms with E-state index in [0.29, 0.717) is 0 Å². The van der Waals surface area contributed by atoms with Gasteiger partial charge < -0.3 is 15.1 Å². The van der Waals surface area contributed by atoms with Crippen LogP contribution >= 0.6 is 0 Å². The third kappa shape index (κ3) is 4.52. The Balaban J connectivity index is 1.41. The first-order valence-corrected chi connectivity index (χ1v) is 11.7. The molecule has 3 aromatic heterocycles. The number of hydrogen-bond donors (Lipinski definition) is 1. The maximum absolute atomic E-state index is 4.69. The lowest BCUT2D eigenvalue weighted by molar-refractivity contribution is 0.312. The Labute approximate surface area is 200 Å². The van der Waals surface area contributed by atoms with Crippen molar-refractivity contribution in [3.8, 4) is 11.1 Å². The van der Waals surface area contributed by atoms with Crippen molar-refractivity contribution >= 4 is 28.1 Å².